The Bertz CT molecular complexity index is 579. The molecule has 2 rings (SSSR count). The maximum atomic E-state index is 8.75. The van der Waals surface area contributed by atoms with Crippen LogP contribution in [-0.4, -0.2) is 9.97 Å². The van der Waals surface area contributed by atoms with E-state index in [9.17, 15) is 0 Å². The highest BCUT2D eigenvalue weighted by Crippen LogP contribution is 2.20. The van der Waals surface area contributed by atoms with Gasteiger partial charge in [-0.05, 0) is 44.0 Å². The molecule has 0 fully saturated rings. The molecule has 0 aliphatic carbocycles. The summed E-state index contributed by atoms with van der Waals surface area (Å²) < 4.78 is 0. The Morgan fingerprint density at radius 1 is 1.07 bits per heavy atom. The molecule has 3 nitrogen and oxygen atoms in total. The number of nitrogens with zero attached hydrogens (tertiary/aromatic N) is 3. The predicted molar refractivity (Wildman–Crippen MR) is 58.5 cm³/mol. The van der Waals surface area contributed by atoms with Crippen molar-refractivity contribution in [1.29, 1.82) is 5.26 Å². The number of nitriles is 1. The van der Waals surface area contributed by atoms with Crippen LogP contribution in [0.25, 0.3) is 11.0 Å². The summed E-state index contributed by atoms with van der Waals surface area (Å²) in [6.45, 7) is 6.07. The van der Waals surface area contributed by atoms with E-state index < -0.39 is 0 Å². The molecule has 2 aromatic heterocycles. The maximum Gasteiger partial charge on any atom is 0.161 e. The van der Waals surface area contributed by atoms with Crippen molar-refractivity contribution in [2.45, 2.75) is 20.8 Å². The number of aryl methyl sites for hydroxylation is 2. The minimum absolute atomic E-state index is 0.414. The van der Waals surface area contributed by atoms with Gasteiger partial charge in [-0.25, -0.2) is 9.97 Å². The molecular weight excluding hydrogens is 186 g/mol. The lowest BCUT2D eigenvalue weighted by Gasteiger charge is -2.07. The molecular formula is C12H11N3. The second kappa shape index (κ2) is 3.32. The molecule has 0 spiro atoms. The highest BCUT2D eigenvalue weighted by atomic mass is 14.9. The number of fused-ring (bicyclic) bond motifs is 1. The zero-order chi connectivity index (χ0) is 11.0. The van der Waals surface area contributed by atoms with Gasteiger partial charge in [-0.2, -0.15) is 5.26 Å². The van der Waals surface area contributed by atoms with E-state index in [1.165, 1.54) is 11.1 Å². The lowest BCUT2D eigenvalue weighted by atomic mass is 10.1. The topological polar surface area (TPSA) is 49.6 Å². The van der Waals surface area contributed by atoms with E-state index in [4.69, 9.17) is 5.26 Å². The molecule has 74 valence electrons. The van der Waals surface area contributed by atoms with Crippen molar-refractivity contribution < 1.29 is 0 Å². The summed E-state index contributed by atoms with van der Waals surface area (Å²) in [7, 11) is 0. The van der Waals surface area contributed by atoms with Crippen LogP contribution in [0.3, 0.4) is 0 Å². The fourth-order valence-corrected chi connectivity index (χ4v) is 1.60. The third kappa shape index (κ3) is 1.44. The Hall–Kier alpha value is -1.95. The van der Waals surface area contributed by atoms with E-state index in [0.717, 1.165) is 11.1 Å². The summed E-state index contributed by atoms with van der Waals surface area (Å²) in [6, 6.07) is 5.66. The van der Waals surface area contributed by atoms with Crippen molar-refractivity contribution in [2.75, 3.05) is 0 Å². The van der Waals surface area contributed by atoms with Gasteiger partial charge >= 0.3 is 0 Å². The summed E-state index contributed by atoms with van der Waals surface area (Å²) in [5.41, 5.74) is 4.43. The summed E-state index contributed by atoms with van der Waals surface area (Å²) in [5.74, 6) is 0. The second-order valence-electron chi connectivity index (χ2n) is 3.63. The van der Waals surface area contributed by atoms with Gasteiger partial charge in [0, 0.05) is 11.1 Å². The van der Waals surface area contributed by atoms with E-state index in [1.807, 2.05) is 19.1 Å². The van der Waals surface area contributed by atoms with Gasteiger partial charge in [0.1, 0.15) is 11.8 Å². The van der Waals surface area contributed by atoms with E-state index in [1.54, 1.807) is 6.07 Å². The summed E-state index contributed by atoms with van der Waals surface area (Å²) in [5, 5.41) is 9.78. The molecule has 0 amide bonds. The number of hydrogen-bond acceptors (Lipinski definition) is 3. The van der Waals surface area contributed by atoms with Gasteiger partial charge in [0.2, 0.25) is 0 Å². The highest BCUT2D eigenvalue weighted by Gasteiger charge is 2.06. The number of hydrogen-bond donors (Lipinski definition) is 0. The molecule has 0 aliphatic rings. The lowest BCUT2D eigenvalue weighted by molar-refractivity contribution is 1.13. The first-order valence-corrected chi connectivity index (χ1v) is 4.78. The first-order valence-electron chi connectivity index (χ1n) is 4.78. The van der Waals surface area contributed by atoms with Crippen LogP contribution in [0.15, 0.2) is 12.1 Å². The molecule has 0 atom stereocenters. The fraction of sp³-hybridized carbons (Fsp3) is 0.250. The maximum absolute atomic E-state index is 8.75. The number of pyridine rings is 2. The standard InChI is InChI=1S/C12H11N3/c1-7-8(2)11-5-4-10(6-13)15-12(11)14-9(7)3/h4-5H,1-3H3. The van der Waals surface area contributed by atoms with Gasteiger partial charge in [-0.1, -0.05) is 0 Å². The monoisotopic (exact) mass is 197 g/mol. The molecule has 0 saturated heterocycles. The predicted octanol–water partition coefficient (Wildman–Crippen LogP) is 2.43. The molecule has 15 heavy (non-hydrogen) atoms. The third-order valence-electron chi connectivity index (χ3n) is 2.77. The first-order chi connectivity index (χ1) is 7.13. The van der Waals surface area contributed by atoms with Crippen LogP contribution in [0, 0.1) is 32.1 Å². The molecule has 0 aromatic carbocycles. The molecule has 2 heterocycles. The summed E-state index contributed by atoms with van der Waals surface area (Å²) in [6.07, 6.45) is 0. The Morgan fingerprint density at radius 3 is 2.47 bits per heavy atom. The average Bonchev–Trinajstić information content (AvgIpc) is 2.25. The van der Waals surface area contributed by atoms with Crippen molar-refractivity contribution in [3.8, 4) is 6.07 Å². The van der Waals surface area contributed by atoms with Crippen LogP contribution in [0.4, 0.5) is 0 Å². The van der Waals surface area contributed by atoms with Crippen LogP contribution in [0.2, 0.25) is 0 Å². The number of rotatable bonds is 0. The zero-order valence-corrected chi connectivity index (χ0v) is 9.00. The zero-order valence-electron chi connectivity index (χ0n) is 9.00. The molecule has 3 heteroatoms. The Balaban J connectivity index is 2.87. The van der Waals surface area contributed by atoms with Crippen molar-refractivity contribution in [2.24, 2.45) is 0 Å². The molecule has 2 aromatic rings. The van der Waals surface area contributed by atoms with Crippen LogP contribution in [0.5, 0.6) is 0 Å². The van der Waals surface area contributed by atoms with E-state index in [2.05, 4.69) is 23.8 Å². The molecule has 0 N–H and O–H groups in total. The van der Waals surface area contributed by atoms with Crippen molar-refractivity contribution in [3.05, 3.63) is 34.6 Å². The molecule has 0 aliphatic heterocycles. The van der Waals surface area contributed by atoms with Gasteiger partial charge in [0.05, 0.1) is 0 Å². The smallest absolute Gasteiger partial charge is 0.161 e. The highest BCUT2D eigenvalue weighted by molar-refractivity contribution is 5.80. The normalized spacial score (nSPS) is 10.3. The van der Waals surface area contributed by atoms with Gasteiger partial charge in [-0.15, -0.1) is 0 Å². The second-order valence-corrected chi connectivity index (χ2v) is 3.63. The van der Waals surface area contributed by atoms with Gasteiger partial charge in [0.15, 0.2) is 5.65 Å². The Morgan fingerprint density at radius 2 is 1.80 bits per heavy atom. The molecule has 0 bridgehead atoms. The van der Waals surface area contributed by atoms with Gasteiger partial charge < -0.3 is 0 Å². The van der Waals surface area contributed by atoms with Crippen molar-refractivity contribution in [3.63, 3.8) is 0 Å². The minimum atomic E-state index is 0.414. The van der Waals surface area contributed by atoms with Crippen LogP contribution < -0.4 is 0 Å². The lowest BCUT2D eigenvalue weighted by Crippen LogP contribution is -1.96. The van der Waals surface area contributed by atoms with Gasteiger partial charge in [-0.3, -0.25) is 0 Å². The van der Waals surface area contributed by atoms with E-state index in [0.29, 0.717) is 11.3 Å². The average molecular weight is 197 g/mol. The van der Waals surface area contributed by atoms with Crippen molar-refractivity contribution in [1.82, 2.24) is 9.97 Å². The SMILES string of the molecule is Cc1nc2nc(C#N)ccc2c(C)c1C. The fourth-order valence-electron chi connectivity index (χ4n) is 1.60. The third-order valence-corrected chi connectivity index (χ3v) is 2.77. The van der Waals surface area contributed by atoms with E-state index in [-0.39, 0.29) is 0 Å². The quantitative estimate of drug-likeness (QED) is 0.651. The number of aromatic nitrogens is 2. The molecule has 0 unspecified atom stereocenters. The molecule has 0 radical (unpaired) electrons. The van der Waals surface area contributed by atoms with Gasteiger partial charge in [0.25, 0.3) is 0 Å². The van der Waals surface area contributed by atoms with Crippen LogP contribution in [-0.2, 0) is 0 Å². The summed E-state index contributed by atoms with van der Waals surface area (Å²) in [4.78, 5) is 8.57. The summed E-state index contributed by atoms with van der Waals surface area (Å²) >= 11 is 0. The van der Waals surface area contributed by atoms with Crippen LogP contribution >= 0.6 is 0 Å². The van der Waals surface area contributed by atoms with E-state index >= 15 is 0 Å². The van der Waals surface area contributed by atoms with Crippen LogP contribution in [0.1, 0.15) is 22.5 Å². The first kappa shape index (κ1) is 9.60. The molecule has 0 saturated carbocycles. The Labute approximate surface area is 88.4 Å². The van der Waals surface area contributed by atoms with Crippen molar-refractivity contribution >= 4 is 11.0 Å². The Kier molecular flexibility index (Phi) is 2.12. The largest absolute Gasteiger partial charge is 0.233 e. The minimum Gasteiger partial charge on any atom is -0.233 e.